The van der Waals surface area contributed by atoms with Crippen molar-refractivity contribution < 1.29 is 90.5 Å². The number of hydrogen-bond acceptors (Lipinski definition) is 20. The van der Waals surface area contributed by atoms with Gasteiger partial charge in [0.25, 0.3) is 0 Å². The summed E-state index contributed by atoms with van der Waals surface area (Å²) in [5.41, 5.74) is -10.3. The van der Waals surface area contributed by atoms with Crippen LogP contribution in [0.5, 0.6) is 0 Å². The van der Waals surface area contributed by atoms with Gasteiger partial charge in [-0.25, -0.2) is 9.59 Å². The lowest BCUT2D eigenvalue weighted by molar-refractivity contribution is -0.386. The molecule has 20 nitrogen and oxygen atoms in total. The Morgan fingerprint density at radius 1 is 0.803 bits per heavy atom. The number of furan rings is 1. The molecule has 4 aliphatic rings. The Hall–Kier alpha value is -5.89. The standard InChI is InChI=1S/C41H47NO19/c1-18-19(2)35(48)60-32-30(56-21(4)44)34(59-24(7)47)40(17-54-36(49)25-11-13-52-15-25)33(58-23(6)46)29(55-20(3)43)28-31(57-22(5)45)41(40,39(32,9)51)61-38(28,8)16-53-37(50)27-14-42-12-10-26(18)27/h10-15,18-19,28-34,51H,16-17H2,1-9H3. The molecule has 330 valence electrons. The Bertz CT molecular complexity index is 2120. The van der Waals surface area contributed by atoms with E-state index in [1.807, 2.05) is 0 Å². The molecule has 13 unspecified atom stereocenters. The van der Waals surface area contributed by atoms with Gasteiger partial charge >= 0.3 is 47.8 Å². The first kappa shape index (κ1) is 44.7. The maximum Gasteiger partial charge on any atom is 0.341 e. The van der Waals surface area contributed by atoms with Crippen molar-refractivity contribution in [2.24, 2.45) is 17.3 Å². The third-order valence-electron chi connectivity index (χ3n) is 12.2. The van der Waals surface area contributed by atoms with Crippen molar-refractivity contribution in [3.8, 4) is 0 Å². The molecule has 6 rings (SSSR count). The zero-order chi connectivity index (χ0) is 45.0. The summed E-state index contributed by atoms with van der Waals surface area (Å²) in [4.78, 5) is 113. The van der Waals surface area contributed by atoms with Crippen LogP contribution in [0, 0.1) is 17.3 Å². The van der Waals surface area contributed by atoms with Crippen LogP contribution in [0.4, 0.5) is 0 Å². The number of cyclic esters (lactones) is 1. The Morgan fingerprint density at radius 3 is 1.95 bits per heavy atom. The quantitative estimate of drug-likeness (QED) is 0.293. The van der Waals surface area contributed by atoms with E-state index in [1.54, 1.807) is 6.92 Å². The van der Waals surface area contributed by atoms with Crippen LogP contribution in [0.2, 0.25) is 0 Å². The number of pyridine rings is 1. The zero-order valence-corrected chi connectivity index (χ0v) is 34.8. The van der Waals surface area contributed by atoms with Crippen LogP contribution in [-0.4, -0.2) is 124 Å². The van der Waals surface area contributed by atoms with Gasteiger partial charge in [0.1, 0.15) is 48.3 Å². The lowest BCUT2D eigenvalue weighted by atomic mass is 9.45. The van der Waals surface area contributed by atoms with Gasteiger partial charge in [0.2, 0.25) is 0 Å². The average Bonchev–Trinajstić information content (AvgIpc) is 3.79. The van der Waals surface area contributed by atoms with Gasteiger partial charge in [-0.2, -0.15) is 0 Å². The number of fused-ring (bicyclic) bond motifs is 5. The third kappa shape index (κ3) is 7.28. The number of aromatic nitrogens is 1. The van der Waals surface area contributed by atoms with E-state index in [0.717, 1.165) is 54.1 Å². The van der Waals surface area contributed by atoms with Crippen LogP contribution in [0.25, 0.3) is 0 Å². The highest BCUT2D eigenvalue weighted by atomic mass is 16.7. The molecule has 13 atom stereocenters. The summed E-state index contributed by atoms with van der Waals surface area (Å²) in [6.07, 6.45) is -7.40. The highest BCUT2D eigenvalue weighted by Crippen LogP contribution is 2.70. The Labute approximate surface area is 348 Å². The monoisotopic (exact) mass is 857 g/mol. The van der Waals surface area contributed by atoms with Crippen LogP contribution < -0.4 is 0 Å². The number of carbonyl (C=O) groups excluding carboxylic acids is 8. The van der Waals surface area contributed by atoms with Gasteiger partial charge in [0, 0.05) is 47.0 Å². The number of rotatable bonds is 8. The SMILES string of the molecule is CC(=O)OC1C2C(OC(C)=O)C34OC2(C)COC(=O)c2cnccc2C(C)C(C)C(=O)OC(C(OC(C)=O)C(OC(C)=O)C3(COC(=O)c2ccoc2)C1OC(C)=O)C4(C)O. The van der Waals surface area contributed by atoms with Crippen LogP contribution in [0.3, 0.4) is 0 Å². The minimum atomic E-state index is -2.86. The predicted molar refractivity (Wildman–Crippen MR) is 198 cm³/mol. The second-order valence-electron chi connectivity index (χ2n) is 16.2. The molecule has 2 aliphatic carbocycles. The van der Waals surface area contributed by atoms with E-state index in [-0.39, 0.29) is 11.1 Å². The van der Waals surface area contributed by atoms with Crippen LogP contribution in [0.15, 0.2) is 41.5 Å². The highest BCUT2D eigenvalue weighted by molar-refractivity contribution is 5.91. The predicted octanol–water partition coefficient (Wildman–Crippen LogP) is 1.92. The smallest absolute Gasteiger partial charge is 0.341 e. The van der Waals surface area contributed by atoms with Gasteiger partial charge in [0.15, 0.2) is 30.0 Å². The highest BCUT2D eigenvalue weighted by Gasteiger charge is 2.92. The molecule has 3 fully saturated rings. The van der Waals surface area contributed by atoms with E-state index in [0.29, 0.717) is 5.56 Å². The van der Waals surface area contributed by atoms with Crippen LogP contribution in [0.1, 0.15) is 94.5 Å². The van der Waals surface area contributed by atoms with Crippen molar-refractivity contribution in [1.82, 2.24) is 4.98 Å². The minimum Gasteiger partial charge on any atom is -0.472 e. The van der Waals surface area contributed by atoms with Crippen molar-refractivity contribution in [3.05, 3.63) is 53.7 Å². The number of aliphatic hydroxyl groups is 1. The fourth-order valence-electron chi connectivity index (χ4n) is 9.73. The summed E-state index contributed by atoms with van der Waals surface area (Å²) in [6.45, 7) is 8.55. The molecule has 1 saturated heterocycles. The molecular weight excluding hydrogens is 810 g/mol. The largest absolute Gasteiger partial charge is 0.472 e. The summed E-state index contributed by atoms with van der Waals surface area (Å²) >= 11 is 0. The normalized spacial score (nSPS) is 36.5. The molecule has 2 aliphatic heterocycles. The summed E-state index contributed by atoms with van der Waals surface area (Å²) < 4.78 is 60.1. The molecule has 61 heavy (non-hydrogen) atoms. The first-order valence-electron chi connectivity index (χ1n) is 19.3. The van der Waals surface area contributed by atoms with Gasteiger partial charge in [-0.05, 0) is 37.5 Å². The first-order chi connectivity index (χ1) is 28.5. The summed E-state index contributed by atoms with van der Waals surface area (Å²) in [6, 6.07) is 2.74. The Balaban J connectivity index is 1.79. The maximum absolute atomic E-state index is 14.5. The fourth-order valence-corrected chi connectivity index (χ4v) is 9.73. The van der Waals surface area contributed by atoms with Crippen LogP contribution >= 0.6 is 0 Å². The molecule has 1 N–H and O–H groups in total. The molecule has 4 heterocycles. The molecule has 1 spiro atoms. The van der Waals surface area contributed by atoms with Crippen molar-refractivity contribution in [1.29, 1.82) is 0 Å². The number of hydrogen-bond donors (Lipinski definition) is 1. The molecule has 4 bridgehead atoms. The van der Waals surface area contributed by atoms with Crippen molar-refractivity contribution in [3.63, 3.8) is 0 Å². The molecule has 2 saturated carbocycles. The lowest BCUT2D eigenvalue weighted by Gasteiger charge is -2.67. The molecule has 0 radical (unpaired) electrons. The molecule has 2 aromatic rings. The second-order valence-corrected chi connectivity index (χ2v) is 16.2. The Kier molecular flexibility index (Phi) is 11.8. The van der Waals surface area contributed by atoms with Crippen molar-refractivity contribution in [2.75, 3.05) is 13.2 Å². The number of ether oxygens (including phenoxy) is 9. The van der Waals surface area contributed by atoms with Crippen LogP contribution in [-0.2, 0) is 71.4 Å². The maximum atomic E-state index is 14.5. The summed E-state index contributed by atoms with van der Waals surface area (Å²) in [5.74, 6) is -11.9. The molecule has 0 aromatic carbocycles. The van der Waals surface area contributed by atoms with E-state index in [2.05, 4.69) is 4.98 Å². The van der Waals surface area contributed by atoms with Gasteiger partial charge in [-0.1, -0.05) is 13.8 Å². The lowest BCUT2D eigenvalue weighted by Crippen LogP contribution is -2.89. The Morgan fingerprint density at radius 2 is 1.38 bits per heavy atom. The second kappa shape index (κ2) is 16.2. The number of esters is 8. The van der Waals surface area contributed by atoms with E-state index >= 15 is 0 Å². The molecule has 20 heteroatoms. The van der Waals surface area contributed by atoms with Gasteiger partial charge < -0.3 is 52.2 Å². The van der Waals surface area contributed by atoms with Gasteiger partial charge in [-0.3, -0.25) is 33.8 Å². The molecule has 0 amide bonds. The summed E-state index contributed by atoms with van der Waals surface area (Å²) in [5, 5.41) is 13.6. The fraction of sp³-hybridized carbons (Fsp3) is 0.585. The first-order valence-corrected chi connectivity index (χ1v) is 19.3. The number of carbonyl (C=O) groups is 8. The third-order valence-corrected chi connectivity index (χ3v) is 12.2. The van der Waals surface area contributed by atoms with Gasteiger partial charge in [0.05, 0.1) is 29.2 Å². The van der Waals surface area contributed by atoms with Gasteiger partial charge in [-0.15, -0.1) is 0 Å². The van der Waals surface area contributed by atoms with Crippen molar-refractivity contribution >= 4 is 47.8 Å². The summed E-state index contributed by atoms with van der Waals surface area (Å²) in [7, 11) is 0. The minimum absolute atomic E-state index is 0.0549. The molecular formula is C41H47NO19. The molecule has 2 aromatic heterocycles. The van der Waals surface area contributed by atoms with E-state index < -0.39 is 138 Å². The topological polar surface area (TPSA) is 266 Å². The van der Waals surface area contributed by atoms with E-state index in [1.165, 1.54) is 38.4 Å². The van der Waals surface area contributed by atoms with E-state index in [9.17, 15) is 43.5 Å². The van der Waals surface area contributed by atoms with E-state index in [4.69, 9.17) is 47.0 Å². The van der Waals surface area contributed by atoms with Crippen molar-refractivity contribution in [2.45, 2.75) is 122 Å². The zero-order valence-electron chi connectivity index (χ0n) is 34.8. The average molecular weight is 858 g/mol. The number of nitrogens with zero attached hydrogens (tertiary/aromatic N) is 1.